The van der Waals surface area contributed by atoms with Gasteiger partial charge in [-0.2, -0.15) is 0 Å². The van der Waals surface area contributed by atoms with Gasteiger partial charge in [-0.05, 0) is 103 Å². The van der Waals surface area contributed by atoms with Crippen LogP contribution in [0.3, 0.4) is 0 Å². The third kappa shape index (κ3) is 49.7. The molecule has 0 saturated carbocycles. The Kier molecular flexibility index (Phi) is 48.9. The van der Waals surface area contributed by atoms with Gasteiger partial charge in [0.15, 0.2) is 6.10 Å². The van der Waals surface area contributed by atoms with E-state index in [9.17, 15) is 14.4 Å². The molecule has 0 aliphatic rings. The highest BCUT2D eigenvalue weighted by molar-refractivity contribution is 5.71. The summed E-state index contributed by atoms with van der Waals surface area (Å²) in [6.07, 6.45) is 64.7. The Morgan fingerprint density at radius 2 is 0.619 bits per heavy atom. The molecular weight excluding hydrogens is 781 g/mol. The van der Waals surface area contributed by atoms with Crippen molar-refractivity contribution in [3.05, 3.63) is 72.9 Å². The molecule has 0 saturated heterocycles. The minimum atomic E-state index is -0.791. The number of ether oxygens (including phenoxy) is 3. The molecule has 6 heteroatoms. The molecule has 0 bridgehead atoms. The molecule has 362 valence electrons. The summed E-state index contributed by atoms with van der Waals surface area (Å²) in [4.78, 5) is 37.9. The van der Waals surface area contributed by atoms with Crippen LogP contribution in [-0.4, -0.2) is 37.2 Å². The fraction of sp³-hybridized carbons (Fsp3) is 0.737. The molecule has 0 aromatic carbocycles. The van der Waals surface area contributed by atoms with Crippen molar-refractivity contribution in [3.8, 4) is 0 Å². The summed E-state index contributed by atoms with van der Waals surface area (Å²) in [5.41, 5.74) is 0. The summed E-state index contributed by atoms with van der Waals surface area (Å²) < 4.78 is 16.7. The zero-order valence-electron chi connectivity index (χ0n) is 41.3. The first-order chi connectivity index (χ1) is 31.0. The Balaban J connectivity index is 4.32. The number of allylic oxidation sites excluding steroid dienone is 12. The number of hydrogen-bond acceptors (Lipinski definition) is 6. The highest BCUT2D eigenvalue weighted by atomic mass is 16.6. The van der Waals surface area contributed by atoms with Crippen molar-refractivity contribution in [1.29, 1.82) is 0 Å². The SMILES string of the molecule is CC/C=C\C/C=C\C/C=C\CCCCCCCCCCCC(=O)OCC(COC(=O)CCCC/C=C\C/C=C\CC)OC(=O)CCCCCCCCC/C=C\CCCCCCCC. The largest absolute Gasteiger partial charge is 0.462 e. The Labute approximate surface area is 389 Å². The number of esters is 3. The maximum absolute atomic E-state index is 12.8. The van der Waals surface area contributed by atoms with E-state index in [4.69, 9.17) is 14.2 Å². The minimum Gasteiger partial charge on any atom is -0.462 e. The predicted octanol–water partition coefficient (Wildman–Crippen LogP) is 17.4. The van der Waals surface area contributed by atoms with Gasteiger partial charge in [-0.3, -0.25) is 14.4 Å². The minimum absolute atomic E-state index is 0.0901. The van der Waals surface area contributed by atoms with Gasteiger partial charge in [0, 0.05) is 19.3 Å². The molecule has 0 amide bonds. The summed E-state index contributed by atoms with van der Waals surface area (Å²) in [7, 11) is 0. The Hall–Kier alpha value is -3.15. The van der Waals surface area contributed by atoms with Crippen molar-refractivity contribution in [3.63, 3.8) is 0 Å². The van der Waals surface area contributed by atoms with Gasteiger partial charge >= 0.3 is 17.9 Å². The Morgan fingerprint density at radius 1 is 0.333 bits per heavy atom. The van der Waals surface area contributed by atoms with E-state index < -0.39 is 6.10 Å². The molecule has 0 aliphatic heterocycles. The van der Waals surface area contributed by atoms with Gasteiger partial charge in [0.2, 0.25) is 0 Å². The topological polar surface area (TPSA) is 78.9 Å². The van der Waals surface area contributed by atoms with Gasteiger partial charge < -0.3 is 14.2 Å². The van der Waals surface area contributed by atoms with E-state index in [2.05, 4.69) is 93.7 Å². The highest BCUT2D eigenvalue weighted by Crippen LogP contribution is 2.15. The van der Waals surface area contributed by atoms with Crippen LogP contribution in [0, 0.1) is 0 Å². The van der Waals surface area contributed by atoms with Crippen LogP contribution in [0.2, 0.25) is 0 Å². The lowest BCUT2D eigenvalue weighted by Gasteiger charge is -2.18. The van der Waals surface area contributed by atoms with Gasteiger partial charge in [-0.25, -0.2) is 0 Å². The van der Waals surface area contributed by atoms with Gasteiger partial charge in [-0.15, -0.1) is 0 Å². The summed E-state index contributed by atoms with van der Waals surface area (Å²) in [6.45, 7) is 6.37. The lowest BCUT2D eigenvalue weighted by molar-refractivity contribution is -0.167. The molecule has 63 heavy (non-hydrogen) atoms. The third-order valence-corrected chi connectivity index (χ3v) is 11.2. The van der Waals surface area contributed by atoms with Gasteiger partial charge in [-0.1, -0.05) is 203 Å². The van der Waals surface area contributed by atoms with E-state index in [-0.39, 0.29) is 31.1 Å². The first-order valence-corrected chi connectivity index (χ1v) is 26.4. The number of carbonyl (C=O) groups excluding carboxylic acids is 3. The van der Waals surface area contributed by atoms with Crippen LogP contribution < -0.4 is 0 Å². The van der Waals surface area contributed by atoms with E-state index >= 15 is 0 Å². The number of unbranched alkanes of at least 4 members (excludes halogenated alkanes) is 24. The first kappa shape index (κ1) is 59.9. The molecule has 1 atom stereocenters. The molecule has 0 aromatic rings. The van der Waals surface area contributed by atoms with E-state index in [0.717, 1.165) is 89.9 Å². The fourth-order valence-corrected chi connectivity index (χ4v) is 7.25. The van der Waals surface area contributed by atoms with Crippen LogP contribution >= 0.6 is 0 Å². The van der Waals surface area contributed by atoms with E-state index in [1.165, 1.54) is 122 Å². The maximum Gasteiger partial charge on any atom is 0.306 e. The van der Waals surface area contributed by atoms with Gasteiger partial charge in [0.1, 0.15) is 13.2 Å². The van der Waals surface area contributed by atoms with Gasteiger partial charge in [0.05, 0.1) is 0 Å². The highest BCUT2D eigenvalue weighted by Gasteiger charge is 2.19. The second-order valence-electron chi connectivity index (χ2n) is 17.4. The van der Waals surface area contributed by atoms with Crippen molar-refractivity contribution in [2.75, 3.05) is 13.2 Å². The van der Waals surface area contributed by atoms with Crippen LogP contribution in [0.1, 0.15) is 252 Å². The van der Waals surface area contributed by atoms with Crippen LogP contribution in [0.4, 0.5) is 0 Å². The number of carbonyl (C=O) groups is 3. The first-order valence-electron chi connectivity index (χ1n) is 26.4. The molecule has 6 nitrogen and oxygen atoms in total. The van der Waals surface area contributed by atoms with Crippen LogP contribution in [0.5, 0.6) is 0 Å². The lowest BCUT2D eigenvalue weighted by atomic mass is 10.1. The Bertz CT molecular complexity index is 1190. The monoisotopic (exact) mass is 879 g/mol. The predicted molar refractivity (Wildman–Crippen MR) is 270 cm³/mol. The quantitative estimate of drug-likeness (QED) is 0.0262. The summed E-state index contributed by atoms with van der Waals surface area (Å²) in [5.74, 6) is -0.935. The molecule has 0 heterocycles. The fourth-order valence-electron chi connectivity index (χ4n) is 7.25. The molecule has 0 aliphatic carbocycles. The molecule has 1 unspecified atom stereocenters. The molecule has 0 spiro atoms. The van der Waals surface area contributed by atoms with Crippen LogP contribution in [-0.2, 0) is 28.6 Å². The molecule has 0 rings (SSSR count). The summed E-state index contributed by atoms with van der Waals surface area (Å²) in [5, 5.41) is 0. The van der Waals surface area contributed by atoms with Crippen molar-refractivity contribution in [2.45, 2.75) is 258 Å². The zero-order chi connectivity index (χ0) is 45.8. The van der Waals surface area contributed by atoms with Crippen molar-refractivity contribution < 1.29 is 28.6 Å². The molecule has 0 N–H and O–H groups in total. The molecular formula is C57H98O6. The zero-order valence-corrected chi connectivity index (χ0v) is 41.3. The molecule has 0 radical (unpaired) electrons. The normalized spacial score (nSPS) is 12.6. The van der Waals surface area contributed by atoms with E-state index in [1.807, 2.05) is 0 Å². The van der Waals surface area contributed by atoms with Crippen LogP contribution in [0.15, 0.2) is 72.9 Å². The second kappa shape index (κ2) is 51.5. The Morgan fingerprint density at radius 3 is 1.02 bits per heavy atom. The van der Waals surface area contributed by atoms with Crippen molar-refractivity contribution >= 4 is 17.9 Å². The lowest BCUT2D eigenvalue weighted by Crippen LogP contribution is -2.30. The molecule has 0 aromatic heterocycles. The summed E-state index contributed by atoms with van der Waals surface area (Å²) >= 11 is 0. The van der Waals surface area contributed by atoms with Gasteiger partial charge in [0.25, 0.3) is 0 Å². The van der Waals surface area contributed by atoms with E-state index in [0.29, 0.717) is 19.3 Å². The standard InChI is InChI=1S/C57H98O6/c1-4-7-10-13-16-19-21-23-25-27-28-30-31-33-35-38-41-44-47-50-56(59)62-53-54(52-61-55(58)49-46-43-40-37-18-15-12-9-6-3)63-57(60)51-48-45-42-39-36-34-32-29-26-24-22-20-17-14-11-8-5-2/h7,9-10,12,16,18-19,23-26,37,54H,4-6,8,11,13-15,17,20-22,27-36,38-53H2,1-3H3/b10-7-,12-9-,19-16-,25-23-,26-24-,37-18-. The van der Waals surface area contributed by atoms with E-state index in [1.54, 1.807) is 0 Å². The van der Waals surface area contributed by atoms with Crippen LogP contribution in [0.25, 0.3) is 0 Å². The maximum atomic E-state index is 12.8. The average Bonchev–Trinajstić information content (AvgIpc) is 3.28. The van der Waals surface area contributed by atoms with Crippen molar-refractivity contribution in [2.24, 2.45) is 0 Å². The number of rotatable bonds is 47. The average molecular weight is 879 g/mol. The second-order valence-corrected chi connectivity index (χ2v) is 17.4. The van der Waals surface area contributed by atoms with Crippen molar-refractivity contribution in [1.82, 2.24) is 0 Å². The molecule has 0 fully saturated rings. The smallest absolute Gasteiger partial charge is 0.306 e. The summed E-state index contributed by atoms with van der Waals surface area (Å²) in [6, 6.07) is 0. The third-order valence-electron chi connectivity index (χ3n) is 11.2. The number of hydrogen-bond donors (Lipinski definition) is 0.